The molecule has 0 saturated heterocycles. The number of halogens is 1. The summed E-state index contributed by atoms with van der Waals surface area (Å²) in [4.78, 5) is 11.7. The summed E-state index contributed by atoms with van der Waals surface area (Å²) in [5.74, 6) is 5.26. The highest BCUT2D eigenvalue weighted by Gasteiger charge is 2.11. The van der Waals surface area contributed by atoms with E-state index in [2.05, 4.69) is 27.8 Å². The van der Waals surface area contributed by atoms with Gasteiger partial charge in [0.15, 0.2) is 6.10 Å². The van der Waals surface area contributed by atoms with Gasteiger partial charge < -0.3 is 4.74 Å². The van der Waals surface area contributed by atoms with Gasteiger partial charge in [0.1, 0.15) is 0 Å². The van der Waals surface area contributed by atoms with Gasteiger partial charge in [0.05, 0.1) is 5.56 Å². The van der Waals surface area contributed by atoms with Crippen LogP contribution in [0.25, 0.3) is 0 Å². The molecule has 0 N–H and O–H groups in total. The summed E-state index contributed by atoms with van der Waals surface area (Å²) in [5, 5.41) is 0. The molecule has 2 nitrogen and oxygen atoms in total. The maximum atomic E-state index is 11.7. The number of hydrogen-bond acceptors (Lipinski definition) is 2. The average Bonchev–Trinajstić information content (AvgIpc) is 2.29. The summed E-state index contributed by atoms with van der Waals surface area (Å²) in [6, 6.07) is 7.06. The van der Waals surface area contributed by atoms with E-state index in [1.54, 1.807) is 19.1 Å². The smallest absolute Gasteiger partial charge is 0.339 e. The van der Waals surface area contributed by atoms with Crippen molar-refractivity contribution >= 4 is 21.9 Å². The van der Waals surface area contributed by atoms with Crippen molar-refractivity contribution in [3.05, 3.63) is 34.3 Å². The zero-order chi connectivity index (χ0) is 12.0. The lowest BCUT2D eigenvalue weighted by atomic mass is 10.2. The fourth-order valence-corrected chi connectivity index (χ4v) is 1.42. The standard InChI is InChI=1S/C13H13BrO2/c1-3-5-12(4-2)16-13(15)10-6-8-11(14)9-7-10/h6-9,12H,4H2,1-2H3. The molecule has 1 aromatic carbocycles. The highest BCUT2D eigenvalue weighted by atomic mass is 79.9. The number of ether oxygens (including phenoxy) is 1. The summed E-state index contributed by atoms with van der Waals surface area (Å²) in [6.45, 7) is 3.67. The fraction of sp³-hybridized carbons (Fsp3) is 0.308. The lowest BCUT2D eigenvalue weighted by molar-refractivity contribution is 0.0405. The quantitative estimate of drug-likeness (QED) is 0.627. The normalized spacial score (nSPS) is 11.2. The minimum Gasteiger partial charge on any atom is -0.446 e. The summed E-state index contributed by atoms with van der Waals surface area (Å²) < 4.78 is 6.17. The van der Waals surface area contributed by atoms with Crippen molar-refractivity contribution in [3.8, 4) is 11.8 Å². The lowest BCUT2D eigenvalue weighted by Gasteiger charge is -2.09. The van der Waals surface area contributed by atoms with Crippen LogP contribution in [0.3, 0.4) is 0 Å². The molecule has 1 rings (SSSR count). The predicted molar refractivity (Wildman–Crippen MR) is 67.1 cm³/mol. The molecule has 16 heavy (non-hydrogen) atoms. The van der Waals surface area contributed by atoms with E-state index in [0.717, 1.165) is 4.47 Å². The molecule has 1 unspecified atom stereocenters. The highest BCUT2D eigenvalue weighted by molar-refractivity contribution is 9.10. The van der Waals surface area contributed by atoms with Gasteiger partial charge in [0.2, 0.25) is 0 Å². The molecule has 84 valence electrons. The zero-order valence-corrected chi connectivity index (χ0v) is 10.9. The summed E-state index contributed by atoms with van der Waals surface area (Å²) >= 11 is 3.31. The highest BCUT2D eigenvalue weighted by Crippen LogP contribution is 2.12. The van der Waals surface area contributed by atoms with Crippen molar-refractivity contribution in [1.29, 1.82) is 0 Å². The Balaban J connectivity index is 2.70. The molecule has 0 bridgehead atoms. The Morgan fingerprint density at radius 2 is 2.06 bits per heavy atom. The first-order valence-corrected chi connectivity index (χ1v) is 5.85. The van der Waals surface area contributed by atoms with Gasteiger partial charge in [0, 0.05) is 4.47 Å². The van der Waals surface area contributed by atoms with E-state index < -0.39 is 0 Å². The number of rotatable bonds is 3. The Bertz CT molecular complexity index is 412. The Morgan fingerprint density at radius 3 is 2.56 bits per heavy atom. The van der Waals surface area contributed by atoms with Gasteiger partial charge in [-0.1, -0.05) is 28.8 Å². The van der Waals surface area contributed by atoms with Crippen LogP contribution in [0.15, 0.2) is 28.7 Å². The molecule has 0 fully saturated rings. The van der Waals surface area contributed by atoms with Gasteiger partial charge in [-0.05, 0) is 37.6 Å². The molecule has 0 radical (unpaired) electrons. The monoisotopic (exact) mass is 280 g/mol. The molecule has 0 amide bonds. The molecule has 0 saturated carbocycles. The minimum absolute atomic E-state index is 0.318. The number of carbonyl (C=O) groups is 1. The third-order valence-electron chi connectivity index (χ3n) is 2.01. The van der Waals surface area contributed by atoms with Crippen LogP contribution in [0.5, 0.6) is 0 Å². The average molecular weight is 281 g/mol. The van der Waals surface area contributed by atoms with Crippen LogP contribution in [0.4, 0.5) is 0 Å². The Labute approximate surface area is 104 Å². The van der Waals surface area contributed by atoms with Crippen LogP contribution >= 0.6 is 15.9 Å². The van der Waals surface area contributed by atoms with Crippen molar-refractivity contribution < 1.29 is 9.53 Å². The largest absolute Gasteiger partial charge is 0.446 e. The van der Waals surface area contributed by atoms with E-state index in [1.165, 1.54) is 0 Å². The SMILES string of the molecule is CC#CC(CC)OC(=O)c1ccc(Br)cc1. The van der Waals surface area contributed by atoms with Gasteiger partial charge in [-0.3, -0.25) is 0 Å². The topological polar surface area (TPSA) is 26.3 Å². The molecule has 1 atom stereocenters. The number of esters is 1. The van der Waals surface area contributed by atoms with Gasteiger partial charge >= 0.3 is 5.97 Å². The molecule has 0 aromatic heterocycles. The first-order valence-electron chi connectivity index (χ1n) is 5.06. The van der Waals surface area contributed by atoms with Crippen molar-refractivity contribution in [2.75, 3.05) is 0 Å². The molecule has 1 aromatic rings. The molecule has 0 aliphatic heterocycles. The van der Waals surface area contributed by atoms with Gasteiger partial charge in [0.25, 0.3) is 0 Å². The second kappa shape index (κ2) is 6.34. The molecular weight excluding hydrogens is 268 g/mol. The van der Waals surface area contributed by atoms with E-state index in [4.69, 9.17) is 4.74 Å². The molecule has 0 aliphatic carbocycles. The Kier molecular flexibility index (Phi) is 5.07. The van der Waals surface area contributed by atoms with Crippen LogP contribution in [0.1, 0.15) is 30.6 Å². The second-order valence-electron chi connectivity index (χ2n) is 3.20. The first-order chi connectivity index (χ1) is 7.67. The third-order valence-corrected chi connectivity index (χ3v) is 2.53. The van der Waals surface area contributed by atoms with Gasteiger partial charge in [-0.15, -0.1) is 5.92 Å². The van der Waals surface area contributed by atoms with Crippen LogP contribution in [-0.2, 0) is 4.74 Å². The van der Waals surface area contributed by atoms with E-state index in [0.29, 0.717) is 12.0 Å². The van der Waals surface area contributed by atoms with Crippen LogP contribution in [-0.4, -0.2) is 12.1 Å². The Hall–Kier alpha value is -1.27. The molecule has 0 heterocycles. The number of benzene rings is 1. The van der Waals surface area contributed by atoms with Crippen molar-refractivity contribution in [3.63, 3.8) is 0 Å². The van der Waals surface area contributed by atoms with Crippen LogP contribution in [0.2, 0.25) is 0 Å². The minimum atomic E-state index is -0.331. The summed E-state index contributed by atoms with van der Waals surface area (Å²) in [7, 11) is 0. The molecule has 3 heteroatoms. The Morgan fingerprint density at radius 1 is 1.44 bits per heavy atom. The fourth-order valence-electron chi connectivity index (χ4n) is 1.16. The van der Waals surface area contributed by atoms with Crippen LogP contribution < -0.4 is 0 Å². The predicted octanol–water partition coefficient (Wildman–Crippen LogP) is 3.41. The zero-order valence-electron chi connectivity index (χ0n) is 9.29. The maximum absolute atomic E-state index is 11.7. The number of hydrogen-bond donors (Lipinski definition) is 0. The molecular formula is C13H13BrO2. The molecule has 0 aliphatic rings. The second-order valence-corrected chi connectivity index (χ2v) is 4.12. The van der Waals surface area contributed by atoms with Gasteiger partial charge in [-0.2, -0.15) is 0 Å². The summed E-state index contributed by atoms with van der Waals surface area (Å²) in [5.41, 5.74) is 0.541. The van der Waals surface area contributed by atoms with E-state index in [-0.39, 0.29) is 12.1 Å². The van der Waals surface area contributed by atoms with E-state index >= 15 is 0 Å². The van der Waals surface area contributed by atoms with Crippen molar-refractivity contribution in [2.24, 2.45) is 0 Å². The number of carbonyl (C=O) groups excluding carboxylic acids is 1. The maximum Gasteiger partial charge on any atom is 0.339 e. The van der Waals surface area contributed by atoms with E-state index in [9.17, 15) is 4.79 Å². The van der Waals surface area contributed by atoms with Crippen LogP contribution in [0, 0.1) is 11.8 Å². The van der Waals surface area contributed by atoms with Crippen molar-refractivity contribution in [2.45, 2.75) is 26.4 Å². The lowest BCUT2D eigenvalue weighted by Crippen LogP contribution is -2.15. The van der Waals surface area contributed by atoms with Gasteiger partial charge in [-0.25, -0.2) is 4.79 Å². The third kappa shape index (κ3) is 3.71. The summed E-state index contributed by atoms with van der Waals surface area (Å²) in [6.07, 6.45) is 0.379. The first kappa shape index (κ1) is 12.8. The molecule has 0 spiro atoms. The van der Waals surface area contributed by atoms with E-state index in [1.807, 2.05) is 19.1 Å². The van der Waals surface area contributed by atoms with Crippen molar-refractivity contribution in [1.82, 2.24) is 0 Å².